The van der Waals surface area contributed by atoms with Crippen LogP contribution in [0.2, 0.25) is 0 Å². The molecule has 3 amide bonds. The number of carboxylic acid groups (broad SMARTS) is 1. The van der Waals surface area contributed by atoms with Gasteiger partial charge in [0.25, 0.3) is 5.91 Å². The molecule has 6 heteroatoms. The van der Waals surface area contributed by atoms with E-state index in [2.05, 4.69) is 36.5 Å². The van der Waals surface area contributed by atoms with Crippen molar-refractivity contribution in [3.8, 4) is 0 Å². The number of aliphatic carboxylic acids is 1. The predicted octanol–water partition coefficient (Wildman–Crippen LogP) is 1.90. The van der Waals surface area contributed by atoms with Crippen LogP contribution in [0.1, 0.15) is 26.3 Å². The Kier molecular flexibility index (Phi) is 6.56. The molecule has 1 atom stereocenters. The number of benzene rings is 1. The Bertz CT molecular complexity index is 512. The standard InChI is InChI=1S/C8H12N2O4.C8H10/c1-4(2)6(7(12)13)10-5(11)3-9-8(10)14;1-2-8-6-4-3-5-7-8/h4,6H,3H2,1-2H3,(H,9,14)(H,12,13);3-7H,2H2,1H3. The van der Waals surface area contributed by atoms with E-state index in [-0.39, 0.29) is 12.5 Å². The molecule has 0 bridgehead atoms. The average molecular weight is 306 g/mol. The van der Waals surface area contributed by atoms with Crippen molar-refractivity contribution in [2.75, 3.05) is 6.54 Å². The minimum Gasteiger partial charge on any atom is -0.480 e. The number of aryl methyl sites for hydroxylation is 1. The summed E-state index contributed by atoms with van der Waals surface area (Å²) in [6, 6.07) is 8.75. The summed E-state index contributed by atoms with van der Waals surface area (Å²) in [7, 11) is 0. The highest BCUT2D eigenvalue weighted by Crippen LogP contribution is 2.14. The Hall–Kier alpha value is -2.37. The number of carboxylic acids is 1. The number of hydrogen-bond acceptors (Lipinski definition) is 3. The van der Waals surface area contributed by atoms with Crippen molar-refractivity contribution in [2.45, 2.75) is 33.2 Å². The number of imide groups is 1. The van der Waals surface area contributed by atoms with E-state index in [0.717, 1.165) is 11.3 Å². The van der Waals surface area contributed by atoms with Gasteiger partial charge in [0.1, 0.15) is 6.04 Å². The Morgan fingerprint density at radius 3 is 2.18 bits per heavy atom. The van der Waals surface area contributed by atoms with Crippen molar-refractivity contribution in [2.24, 2.45) is 5.92 Å². The average Bonchev–Trinajstić information content (AvgIpc) is 2.80. The molecule has 1 heterocycles. The Labute approximate surface area is 130 Å². The molecule has 1 aromatic carbocycles. The summed E-state index contributed by atoms with van der Waals surface area (Å²) >= 11 is 0. The van der Waals surface area contributed by atoms with E-state index in [1.807, 2.05) is 6.07 Å². The van der Waals surface area contributed by atoms with E-state index in [9.17, 15) is 14.4 Å². The molecule has 1 saturated heterocycles. The number of carbonyl (C=O) groups excluding carboxylic acids is 2. The van der Waals surface area contributed by atoms with Gasteiger partial charge >= 0.3 is 12.0 Å². The van der Waals surface area contributed by atoms with Gasteiger partial charge in [-0.05, 0) is 17.9 Å². The van der Waals surface area contributed by atoms with Crippen molar-refractivity contribution in [1.82, 2.24) is 10.2 Å². The van der Waals surface area contributed by atoms with Gasteiger partial charge in [0.2, 0.25) is 0 Å². The third-order valence-corrected chi connectivity index (χ3v) is 3.29. The fourth-order valence-corrected chi connectivity index (χ4v) is 2.12. The van der Waals surface area contributed by atoms with Gasteiger partial charge in [-0.3, -0.25) is 4.79 Å². The monoisotopic (exact) mass is 306 g/mol. The van der Waals surface area contributed by atoms with E-state index in [1.165, 1.54) is 5.56 Å². The van der Waals surface area contributed by atoms with Crippen LogP contribution in [-0.2, 0) is 16.0 Å². The smallest absolute Gasteiger partial charge is 0.327 e. The molecule has 0 aromatic heterocycles. The molecule has 0 radical (unpaired) electrons. The van der Waals surface area contributed by atoms with Crippen LogP contribution in [0.5, 0.6) is 0 Å². The van der Waals surface area contributed by atoms with E-state index in [4.69, 9.17) is 5.11 Å². The van der Waals surface area contributed by atoms with E-state index in [1.54, 1.807) is 13.8 Å². The number of nitrogens with one attached hydrogen (secondary N) is 1. The molecule has 22 heavy (non-hydrogen) atoms. The van der Waals surface area contributed by atoms with Crippen molar-refractivity contribution >= 4 is 17.9 Å². The summed E-state index contributed by atoms with van der Waals surface area (Å²) in [6.07, 6.45) is 1.14. The molecule has 1 aliphatic heterocycles. The first kappa shape index (κ1) is 17.7. The van der Waals surface area contributed by atoms with Crippen molar-refractivity contribution < 1.29 is 19.5 Å². The number of hydrogen-bond donors (Lipinski definition) is 2. The SMILES string of the molecule is CC(C)C(C(=O)O)N1C(=O)CNC1=O.CCc1ccccc1. The van der Waals surface area contributed by atoms with Crippen molar-refractivity contribution in [3.63, 3.8) is 0 Å². The number of amides is 3. The first-order chi connectivity index (χ1) is 10.4. The number of urea groups is 1. The van der Waals surface area contributed by atoms with Gasteiger partial charge in [0, 0.05) is 0 Å². The molecule has 120 valence electrons. The van der Waals surface area contributed by atoms with Gasteiger partial charge in [-0.2, -0.15) is 0 Å². The lowest BCUT2D eigenvalue weighted by Crippen LogP contribution is -2.48. The molecular weight excluding hydrogens is 284 g/mol. The summed E-state index contributed by atoms with van der Waals surface area (Å²) < 4.78 is 0. The number of carbonyl (C=O) groups is 3. The second-order valence-electron chi connectivity index (χ2n) is 5.29. The van der Waals surface area contributed by atoms with Crippen LogP contribution in [0.4, 0.5) is 4.79 Å². The summed E-state index contributed by atoms with van der Waals surface area (Å²) in [5.41, 5.74) is 1.41. The highest BCUT2D eigenvalue weighted by molar-refractivity contribution is 6.04. The van der Waals surface area contributed by atoms with E-state index in [0.29, 0.717) is 0 Å². The topological polar surface area (TPSA) is 86.7 Å². The Morgan fingerprint density at radius 2 is 1.86 bits per heavy atom. The Balaban J connectivity index is 0.000000255. The maximum absolute atomic E-state index is 11.2. The fraction of sp³-hybridized carbons (Fsp3) is 0.438. The molecule has 0 saturated carbocycles. The molecule has 6 nitrogen and oxygen atoms in total. The third kappa shape index (κ3) is 4.58. The van der Waals surface area contributed by atoms with Crippen LogP contribution in [0, 0.1) is 5.92 Å². The first-order valence-electron chi connectivity index (χ1n) is 7.25. The molecule has 1 unspecified atom stereocenters. The number of rotatable bonds is 4. The zero-order valence-electron chi connectivity index (χ0n) is 13.1. The van der Waals surface area contributed by atoms with Gasteiger partial charge in [-0.25, -0.2) is 14.5 Å². The van der Waals surface area contributed by atoms with Gasteiger partial charge in [0.05, 0.1) is 6.54 Å². The molecular formula is C16H22N2O4. The van der Waals surface area contributed by atoms with Gasteiger partial charge in [-0.15, -0.1) is 0 Å². The van der Waals surface area contributed by atoms with Crippen LogP contribution in [0.15, 0.2) is 30.3 Å². The molecule has 0 aliphatic carbocycles. The largest absolute Gasteiger partial charge is 0.480 e. The second-order valence-corrected chi connectivity index (χ2v) is 5.29. The number of nitrogens with zero attached hydrogens (tertiary/aromatic N) is 1. The summed E-state index contributed by atoms with van der Waals surface area (Å²) in [5.74, 6) is -1.96. The van der Waals surface area contributed by atoms with Crippen molar-refractivity contribution in [3.05, 3.63) is 35.9 Å². The normalized spacial score (nSPS) is 15.2. The van der Waals surface area contributed by atoms with Crippen molar-refractivity contribution in [1.29, 1.82) is 0 Å². The predicted molar refractivity (Wildman–Crippen MR) is 82.3 cm³/mol. The zero-order chi connectivity index (χ0) is 16.7. The van der Waals surface area contributed by atoms with Gasteiger partial charge < -0.3 is 10.4 Å². The minimum atomic E-state index is -1.16. The molecule has 1 fully saturated rings. The lowest BCUT2D eigenvalue weighted by molar-refractivity contribution is -0.147. The maximum atomic E-state index is 11.2. The van der Waals surface area contributed by atoms with Crippen LogP contribution < -0.4 is 5.32 Å². The van der Waals surface area contributed by atoms with E-state index < -0.39 is 23.9 Å². The highest BCUT2D eigenvalue weighted by atomic mass is 16.4. The van der Waals surface area contributed by atoms with Gasteiger partial charge in [-0.1, -0.05) is 51.1 Å². The first-order valence-corrected chi connectivity index (χ1v) is 7.25. The highest BCUT2D eigenvalue weighted by Gasteiger charge is 2.40. The summed E-state index contributed by atoms with van der Waals surface area (Å²) in [5, 5.41) is 11.1. The Morgan fingerprint density at radius 1 is 1.27 bits per heavy atom. The fourth-order valence-electron chi connectivity index (χ4n) is 2.12. The van der Waals surface area contributed by atoms with Crippen LogP contribution in [0.3, 0.4) is 0 Å². The van der Waals surface area contributed by atoms with Crippen LogP contribution in [-0.4, -0.2) is 40.5 Å². The molecule has 1 aliphatic rings. The van der Waals surface area contributed by atoms with Gasteiger partial charge in [0.15, 0.2) is 0 Å². The lowest BCUT2D eigenvalue weighted by Gasteiger charge is -2.24. The van der Waals surface area contributed by atoms with Crippen LogP contribution in [0.25, 0.3) is 0 Å². The summed E-state index contributed by atoms with van der Waals surface area (Å²) in [4.78, 5) is 34.0. The zero-order valence-corrected chi connectivity index (χ0v) is 13.1. The maximum Gasteiger partial charge on any atom is 0.327 e. The summed E-state index contributed by atoms with van der Waals surface area (Å²) in [6.45, 7) is 5.35. The van der Waals surface area contributed by atoms with E-state index >= 15 is 0 Å². The molecule has 0 spiro atoms. The molecule has 1 aromatic rings. The lowest BCUT2D eigenvalue weighted by atomic mass is 10.0. The second kappa shape index (κ2) is 8.17. The van der Waals surface area contributed by atoms with Crippen LogP contribution >= 0.6 is 0 Å². The molecule has 2 rings (SSSR count). The molecule has 2 N–H and O–H groups in total. The minimum absolute atomic E-state index is 0.116. The quantitative estimate of drug-likeness (QED) is 0.832. The third-order valence-electron chi connectivity index (χ3n) is 3.29.